The van der Waals surface area contributed by atoms with Crippen LogP contribution in [0.1, 0.15) is 41.3 Å². The zero-order valence-corrected chi connectivity index (χ0v) is 7.97. The first-order valence-electron chi connectivity index (χ1n) is 4.97. The highest BCUT2D eigenvalue weighted by atomic mass is 16.1. The van der Waals surface area contributed by atoms with Gasteiger partial charge >= 0.3 is 0 Å². The van der Waals surface area contributed by atoms with Crippen molar-refractivity contribution in [3.63, 3.8) is 0 Å². The second kappa shape index (κ2) is 3.33. The summed E-state index contributed by atoms with van der Waals surface area (Å²) in [5.74, 6) is 0.330. The van der Waals surface area contributed by atoms with E-state index in [1.807, 2.05) is 12.1 Å². The van der Waals surface area contributed by atoms with Gasteiger partial charge in [0.1, 0.15) is 0 Å². The predicted molar refractivity (Wildman–Crippen MR) is 53.1 cm³/mol. The van der Waals surface area contributed by atoms with E-state index in [2.05, 4.69) is 13.0 Å². The summed E-state index contributed by atoms with van der Waals surface area (Å²) in [5.41, 5.74) is 3.64. The minimum absolute atomic E-state index is 0.330. The molecule has 1 heteroatoms. The van der Waals surface area contributed by atoms with Crippen molar-refractivity contribution < 1.29 is 4.79 Å². The molecule has 68 valence electrons. The Balaban J connectivity index is 2.54. The standard InChI is InChI=1S/C12H14O/c1-2-9-5-3-7-11-10(9)6-4-8-12(11)13/h3,5,7H,2,4,6,8H2,1H3. The summed E-state index contributed by atoms with van der Waals surface area (Å²) in [6.45, 7) is 2.15. The van der Waals surface area contributed by atoms with Gasteiger partial charge in [-0.05, 0) is 30.4 Å². The molecule has 0 saturated carbocycles. The van der Waals surface area contributed by atoms with E-state index in [9.17, 15) is 4.79 Å². The van der Waals surface area contributed by atoms with Crippen molar-refractivity contribution in [2.24, 2.45) is 0 Å². The SMILES string of the molecule is CCc1cccc2c1CCCC2=O. The van der Waals surface area contributed by atoms with Crippen LogP contribution in [0, 0.1) is 0 Å². The second-order valence-electron chi connectivity index (χ2n) is 3.57. The van der Waals surface area contributed by atoms with E-state index in [0.717, 1.165) is 31.2 Å². The third-order valence-corrected chi connectivity index (χ3v) is 2.78. The highest BCUT2D eigenvalue weighted by Gasteiger charge is 2.18. The number of aryl methyl sites for hydroxylation is 1. The molecule has 2 rings (SSSR count). The number of carbonyl (C=O) groups excluding carboxylic acids is 1. The fraction of sp³-hybridized carbons (Fsp3) is 0.417. The van der Waals surface area contributed by atoms with Gasteiger partial charge in [0.05, 0.1) is 0 Å². The van der Waals surface area contributed by atoms with Gasteiger partial charge in [0, 0.05) is 12.0 Å². The van der Waals surface area contributed by atoms with Crippen LogP contribution in [0.15, 0.2) is 18.2 Å². The molecule has 1 aromatic rings. The number of benzene rings is 1. The first-order chi connectivity index (χ1) is 6.33. The molecule has 0 atom stereocenters. The molecular weight excluding hydrogens is 160 g/mol. The second-order valence-corrected chi connectivity index (χ2v) is 3.57. The fourth-order valence-corrected chi connectivity index (χ4v) is 2.08. The Bertz CT molecular complexity index is 339. The molecule has 0 N–H and O–H groups in total. The lowest BCUT2D eigenvalue weighted by atomic mass is 9.87. The van der Waals surface area contributed by atoms with Crippen LogP contribution >= 0.6 is 0 Å². The molecule has 0 spiro atoms. The lowest BCUT2D eigenvalue weighted by Gasteiger charge is -2.17. The van der Waals surface area contributed by atoms with Crippen LogP contribution in [0.5, 0.6) is 0 Å². The molecule has 1 aliphatic rings. The molecule has 0 bridgehead atoms. The zero-order chi connectivity index (χ0) is 9.26. The number of rotatable bonds is 1. The molecule has 1 aliphatic carbocycles. The van der Waals surface area contributed by atoms with Crippen molar-refractivity contribution >= 4 is 5.78 Å². The maximum atomic E-state index is 11.6. The fourth-order valence-electron chi connectivity index (χ4n) is 2.08. The smallest absolute Gasteiger partial charge is 0.163 e. The van der Waals surface area contributed by atoms with Gasteiger partial charge in [0.15, 0.2) is 5.78 Å². The molecule has 0 radical (unpaired) electrons. The van der Waals surface area contributed by atoms with Gasteiger partial charge in [0.25, 0.3) is 0 Å². The van der Waals surface area contributed by atoms with Gasteiger partial charge in [0.2, 0.25) is 0 Å². The molecule has 0 aromatic heterocycles. The molecular formula is C12H14O. The summed E-state index contributed by atoms with van der Waals surface area (Å²) in [7, 11) is 0. The largest absolute Gasteiger partial charge is 0.294 e. The van der Waals surface area contributed by atoms with E-state index in [-0.39, 0.29) is 0 Å². The molecule has 0 unspecified atom stereocenters. The molecule has 0 heterocycles. The Hall–Kier alpha value is -1.11. The van der Waals surface area contributed by atoms with Crippen molar-refractivity contribution in [1.29, 1.82) is 0 Å². The van der Waals surface area contributed by atoms with Crippen molar-refractivity contribution in [2.45, 2.75) is 32.6 Å². The third kappa shape index (κ3) is 1.39. The number of hydrogen-bond donors (Lipinski definition) is 0. The number of ketones is 1. The Labute approximate surface area is 78.8 Å². The molecule has 1 aromatic carbocycles. The number of fused-ring (bicyclic) bond motifs is 1. The maximum Gasteiger partial charge on any atom is 0.163 e. The van der Waals surface area contributed by atoms with Crippen molar-refractivity contribution in [2.75, 3.05) is 0 Å². The zero-order valence-electron chi connectivity index (χ0n) is 7.97. The minimum Gasteiger partial charge on any atom is -0.294 e. The Morgan fingerprint density at radius 2 is 2.15 bits per heavy atom. The number of hydrogen-bond acceptors (Lipinski definition) is 1. The van der Waals surface area contributed by atoms with E-state index in [4.69, 9.17) is 0 Å². The highest BCUT2D eigenvalue weighted by molar-refractivity contribution is 5.98. The first kappa shape index (κ1) is 8.49. The van der Waals surface area contributed by atoms with Crippen molar-refractivity contribution in [3.8, 4) is 0 Å². The van der Waals surface area contributed by atoms with E-state index in [1.165, 1.54) is 11.1 Å². The molecule has 13 heavy (non-hydrogen) atoms. The van der Waals surface area contributed by atoms with Gasteiger partial charge in [-0.2, -0.15) is 0 Å². The Morgan fingerprint density at radius 1 is 1.31 bits per heavy atom. The monoisotopic (exact) mass is 174 g/mol. The highest BCUT2D eigenvalue weighted by Crippen LogP contribution is 2.24. The summed E-state index contributed by atoms with van der Waals surface area (Å²) in [6.07, 6.45) is 3.89. The van der Waals surface area contributed by atoms with Gasteiger partial charge in [-0.25, -0.2) is 0 Å². The van der Waals surface area contributed by atoms with E-state index in [0.29, 0.717) is 5.78 Å². The average Bonchev–Trinajstić information content (AvgIpc) is 2.18. The van der Waals surface area contributed by atoms with Gasteiger partial charge in [-0.15, -0.1) is 0 Å². The van der Waals surface area contributed by atoms with Crippen LogP contribution in [0.25, 0.3) is 0 Å². The Morgan fingerprint density at radius 3 is 2.92 bits per heavy atom. The topological polar surface area (TPSA) is 17.1 Å². The molecule has 0 fully saturated rings. The summed E-state index contributed by atoms with van der Waals surface area (Å²) >= 11 is 0. The van der Waals surface area contributed by atoms with Crippen molar-refractivity contribution in [3.05, 3.63) is 34.9 Å². The summed E-state index contributed by atoms with van der Waals surface area (Å²) in [6, 6.07) is 6.11. The average molecular weight is 174 g/mol. The molecule has 0 saturated heterocycles. The van der Waals surface area contributed by atoms with Crippen LogP contribution < -0.4 is 0 Å². The van der Waals surface area contributed by atoms with Crippen LogP contribution in [-0.4, -0.2) is 5.78 Å². The van der Waals surface area contributed by atoms with E-state index in [1.54, 1.807) is 0 Å². The number of Topliss-reactive ketones (excluding diaryl/α,β-unsaturated/α-hetero) is 1. The van der Waals surface area contributed by atoms with E-state index < -0.39 is 0 Å². The first-order valence-corrected chi connectivity index (χ1v) is 4.97. The summed E-state index contributed by atoms with van der Waals surface area (Å²) < 4.78 is 0. The van der Waals surface area contributed by atoms with Gasteiger partial charge < -0.3 is 0 Å². The number of carbonyl (C=O) groups is 1. The molecule has 0 aliphatic heterocycles. The van der Waals surface area contributed by atoms with E-state index >= 15 is 0 Å². The predicted octanol–water partition coefficient (Wildman–Crippen LogP) is 2.77. The maximum absolute atomic E-state index is 11.6. The van der Waals surface area contributed by atoms with Crippen LogP contribution in [0.3, 0.4) is 0 Å². The molecule has 0 amide bonds. The van der Waals surface area contributed by atoms with Crippen molar-refractivity contribution in [1.82, 2.24) is 0 Å². The lowest BCUT2D eigenvalue weighted by molar-refractivity contribution is 0.0972. The summed E-state index contributed by atoms with van der Waals surface area (Å²) in [4.78, 5) is 11.6. The lowest BCUT2D eigenvalue weighted by Crippen LogP contribution is -2.12. The van der Waals surface area contributed by atoms with Crippen LogP contribution in [0.4, 0.5) is 0 Å². The van der Waals surface area contributed by atoms with Gasteiger partial charge in [-0.1, -0.05) is 25.1 Å². The minimum atomic E-state index is 0.330. The van der Waals surface area contributed by atoms with Crippen LogP contribution in [-0.2, 0) is 12.8 Å². The molecule has 1 nitrogen and oxygen atoms in total. The Kier molecular flexibility index (Phi) is 2.17. The normalized spacial score (nSPS) is 15.6. The van der Waals surface area contributed by atoms with Gasteiger partial charge in [-0.3, -0.25) is 4.79 Å². The van der Waals surface area contributed by atoms with Crippen LogP contribution in [0.2, 0.25) is 0 Å². The summed E-state index contributed by atoms with van der Waals surface area (Å²) in [5, 5.41) is 0. The third-order valence-electron chi connectivity index (χ3n) is 2.78. The quantitative estimate of drug-likeness (QED) is 0.639.